The van der Waals surface area contributed by atoms with Gasteiger partial charge in [0.2, 0.25) is 0 Å². The Kier molecular flexibility index (Phi) is 5.18. The Morgan fingerprint density at radius 2 is 1.85 bits per heavy atom. The van der Waals surface area contributed by atoms with E-state index in [0.717, 1.165) is 27.1 Å². The van der Waals surface area contributed by atoms with Crippen LogP contribution in [-0.2, 0) is 0 Å². The third kappa shape index (κ3) is 3.59. The number of hydrogen-bond acceptors (Lipinski definition) is 2. The maximum atomic E-state index is 13.6. The molecule has 2 rings (SSSR count). The SMILES string of the molecule is CNC(C)c1ccc(Sc2cc(F)ccc2F)c(Br)c1. The van der Waals surface area contributed by atoms with Crippen LogP contribution in [0.15, 0.2) is 50.7 Å². The summed E-state index contributed by atoms with van der Waals surface area (Å²) in [5, 5.41) is 3.16. The molecule has 0 aromatic heterocycles. The molecule has 0 aliphatic carbocycles. The molecular formula is C15H14BrF2NS. The summed E-state index contributed by atoms with van der Waals surface area (Å²) in [6.07, 6.45) is 0. The fourth-order valence-corrected chi connectivity index (χ4v) is 3.22. The molecule has 20 heavy (non-hydrogen) atoms. The van der Waals surface area contributed by atoms with Gasteiger partial charge in [-0.3, -0.25) is 0 Å². The molecule has 0 amide bonds. The van der Waals surface area contributed by atoms with Gasteiger partial charge in [-0.25, -0.2) is 8.78 Å². The lowest BCUT2D eigenvalue weighted by molar-refractivity contribution is 0.577. The maximum Gasteiger partial charge on any atom is 0.137 e. The quantitative estimate of drug-likeness (QED) is 0.810. The highest BCUT2D eigenvalue weighted by molar-refractivity contribution is 9.10. The van der Waals surface area contributed by atoms with Gasteiger partial charge in [0.25, 0.3) is 0 Å². The fourth-order valence-electron chi connectivity index (χ4n) is 1.71. The molecule has 0 spiro atoms. The van der Waals surface area contributed by atoms with Crippen molar-refractivity contribution in [1.29, 1.82) is 0 Å². The van der Waals surface area contributed by atoms with Crippen LogP contribution in [0.1, 0.15) is 18.5 Å². The van der Waals surface area contributed by atoms with Crippen LogP contribution < -0.4 is 5.32 Å². The summed E-state index contributed by atoms with van der Waals surface area (Å²) < 4.78 is 27.7. The van der Waals surface area contributed by atoms with Crippen molar-refractivity contribution in [1.82, 2.24) is 5.32 Å². The van der Waals surface area contributed by atoms with Crippen molar-refractivity contribution in [3.63, 3.8) is 0 Å². The first-order valence-corrected chi connectivity index (χ1v) is 7.72. The monoisotopic (exact) mass is 357 g/mol. The van der Waals surface area contributed by atoms with Crippen LogP contribution in [0.4, 0.5) is 8.78 Å². The van der Waals surface area contributed by atoms with Crippen molar-refractivity contribution < 1.29 is 8.78 Å². The van der Waals surface area contributed by atoms with E-state index in [2.05, 4.69) is 28.2 Å². The largest absolute Gasteiger partial charge is 0.313 e. The van der Waals surface area contributed by atoms with Gasteiger partial charge < -0.3 is 5.32 Å². The molecule has 1 N–H and O–H groups in total. The summed E-state index contributed by atoms with van der Waals surface area (Å²) in [4.78, 5) is 1.13. The maximum absolute atomic E-state index is 13.6. The molecule has 0 fully saturated rings. The van der Waals surface area contributed by atoms with Crippen molar-refractivity contribution >= 4 is 27.7 Å². The zero-order valence-corrected chi connectivity index (χ0v) is 13.5. The van der Waals surface area contributed by atoms with Crippen molar-refractivity contribution in [3.05, 3.63) is 58.1 Å². The van der Waals surface area contributed by atoms with Gasteiger partial charge >= 0.3 is 0 Å². The standard InChI is InChI=1S/C15H14BrF2NS/c1-9(19-2)10-3-6-14(12(16)7-10)20-15-8-11(17)4-5-13(15)18/h3-9,19H,1-2H3. The normalized spacial score (nSPS) is 12.4. The number of hydrogen-bond donors (Lipinski definition) is 1. The van der Waals surface area contributed by atoms with Gasteiger partial charge in [0.05, 0.1) is 4.90 Å². The van der Waals surface area contributed by atoms with Crippen molar-refractivity contribution in [2.45, 2.75) is 22.8 Å². The van der Waals surface area contributed by atoms with E-state index in [4.69, 9.17) is 0 Å². The van der Waals surface area contributed by atoms with E-state index in [1.54, 1.807) is 0 Å². The van der Waals surface area contributed by atoms with E-state index in [9.17, 15) is 8.78 Å². The Morgan fingerprint density at radius 1 is 1.10 bits per heavy atom. The first-order valence-electron chi connectivity index (χ1n) is 6.11. The van der Waals surface area contributed by atoms with Crippen LogP contribution in [0.2, 0.25) is 0 Å². The summed E-state index contributed by atoms with van der Waals surface area (Å²) in [5.74, 6) is -0.860. The molecular weight excluding hydrogens is 344 g/mol. The minimum Gasteiger partial charge on any atom is -0.313 e. The smallest absolute Gasteiger partial charge is 0.137 e. The highest BCUT2D eigenvalue weighted by Crippen LogP contribution is 2.36. The first-order chi connectivity index (χ1) is 9.51. The van der Waals surface area contributed by atoms with Crippen LogP contribution in [0, 0.1) is 11.6 Å². The molecule has 1 atom stereocenters. The molecule has 2 aromatic rings. The Morgan fingerprint density at radius 3 is 2.50 bits per heavy atom. The van der Waals surface area contributed by atoms with E-state index in [1.165, 1.54) is 17.8 Å². The van der Waals surface area contributed by atoms with E-state index in [-0.39, 0.29) is 10.9 Å². The summed E-state index contributed by atoms with van der Waals surface area (Å²) in [5.41, 5.74) is 1.13. The molecule has 0 heterocycles. The second kappa shape index (κ2) is 6.70. The topological polar surface area (TPSA) is 12.0 Å². The van der Waals surface area contributed by atoms with Crippen LogP contribution in [0.25, 0.3) is 0 Å². The lowest BCUT2D eigenvalue weighted by atomic mass is 10.1. The predicted molar refractivity (Wildman–Crippen MR) is 82.1 cm³/mol. The van der Waals surface area contributed by atoms with Crippen molar-refractivity contribution in [2.24, 2.45) is 0 Å². The third-order valence-electron chi connectivity index (χ3n) is 3.00. The van der Waals surface area contributed by atoms with Gasteiger partial charge in [0.1, 0.15) is 11.6 Å². The molecule has 0 aliphatic rings. The van der Waals surface area contributed by atoms with Crippen molar-refractivity contribution in [2.75, 3.05) is 7.05 Å². The molecule has 1 nitrogen and oxygen atoms in total. The van der Waals surface area contributed by atoms with E-state index < -0.39 is 11.6 Å². The molecule has 0 saturated heterocycles. The second-order valence-corrected chi connectivity index (χ2v) is 6.32. The number of nitrogens with one attached hydrogen (secondary N) is 1. The molecule has 0 bridgehead atoms. The van der Waals surface area contributed by atoms with Gasteiger partial charge in [-0.2, -0.15) is 0 Å². The summed E-state index contributed by atoms with van der Waals surface area (Å²) in [6.45, 7) is 2.06. The lowest BCUT2D eigenvalue weighted by Crippen LogP contribution is -2.12. The molecule has 0 radical (unpaired) electrons. The fraction of sp³-hybridized carbons (Fsp3) is 0.200. The average Bonchev–Trinajstić information content (AvgIpc) is 2.44. The molecule has 0 aliphatic heterocycles. The van der Waals surface area contributed by atoms with Gasteiger partial charge in [-0.05, 0) is 65.8 Å². The van der Waals surface area contributed by atoms with Crippen LogP contribution in [0.5, 0.6) is 0 Å². The predicted octanol–water partition coefficient (Wildman–Crippen LogP) is 5.16. The van der Waals surface area contributed by atoms with Gasteiger partial charge in [-0.1, -0.05) is 17.8 Å². The highest BCUT2D eigenvalue weighted by atomic mass is 79.9. The summed E-state index contributed by atoms with van der Waals surface area (Å²) in [7, 11) is 1.89. The zero-order chi connectivity index (χ0) is 14.7. The summed E-state index contributed by atoms with van der Waals surface area (Å²) >= 11 is 4.68. The van der Waals surface area contributed by atoms with E-state index in [1.807, 2.05) is 25.2 Å². The Balaban J connectivity index is 2.28. The molecule has 0 saturated carbocycles. The van der Waals surface area contributed by atoms with E-state index in [0.29, 0.717) is 0 Å². The van der Waals surface area contributed by atoms with Gasteiger partial charge in [-0.15, -0.1) is 0 Å². The molecule has 5 heteroatoms. The third-order valence-corrected chi connectivity index (χ3v) is 5.03. The molecule has 2 aromatic carbocycles. The minimum atomic E-state index is -0.439. The van der Waals surface area contributed by atoms with Crippen LogP contribution >= 0.6 is 27.7 Å². The minimum absolute atomic E-state index is 0.233. The van der Waals surface area contributed by atoms with Gasteiger partial charge in [0.15, 0.2) is 0 Å². The molecule has 106 valence electrons. The van der Waals surface area contributed by atoms with Crippen LogP contribution in [-0.4, -0.2) is 7.05 Å². The Labute approximate surface area is 129 Å². The number of rotatable bonds is 4. The average molecular weight is 358 g/mol. The second-order valence-electron chi connectivity index (χ2n) is 4.38. The zero-order valence-electron chi connectivity index (χ0n) is 11.1. The lowest BCUT2D eigenvalue weighted by Gasteiger charge is -2.13. The molecule has 1 unspecified atom stereocenters. The van der Waals surface area contributed by atoms with Gasteiger partial charge in [0, 0.05) is 15.4 Å². The van der Waals surface area contributed by atoms with Crippen LogP contribution in [0.3, 0.4) is 0 Å². The Hall–Kier alpha value is -0.910. The first kappa shape index (κ1) is 15.5. The van der Waals surface area contributed by atoms with E-state index >= 15 is 0 Å². The highest BCUT2D eigenvalue weighted by Gasteiger charge is 2.10. The van der Waals surface area contributed by atoms with Crippen molar-refractivity contribution in [3.8, 4) is 0 Å². The number of benzene rings is 2. The number of halogens is 3. The Bertz CT molecular complexity index is 619. The summed E-state index contributed by atoms with van der Waals surface area (Å²) in [6, 6.07) is 9.57.